The van der Waals surface area contributed by atoms with Gasteiger partial charge in [0.05, 0.1) is 39.4 Å². The molecule has 3 aromatic carbocycles. The maximum absolute atomic E-state index is 13.2. The fourth-order valence-corrected chi connectivity index (χ4v) is 4.95. The van der Waals surface area contributed by atoms with Gasteiger partial charge >= 0.3 is 12.0 Å². The van der Waals surface area contributed by atoms with Gasteiger partial charge in [0.25, 0.3) is 0 Å². The van der Waals surface area contributed by atoms with Crippen molar-refractivity contribution in [1.82, 2.24) is 10.0 Å². The number of methoxy groups -OCH3 is 2. The Morgan fingerprint density at radius 2 is 1.44 bits per heavy atom. The fourth-order valence-electron chi connectivity index (χ4n) is 4.25. The summed E-state index contributed by atoms with van der Waals surface area (Å²) in [5, 5.41) is 20.0. The number of hydrogen-bond acceptors (Lipinski definition) is 8. The molecule has 0 fully saturated rings. The zero-order valence-electron chi connectivity index (χ0n) is 25.0. The van der Waals surface area contributed by atoms with E-state index in [-0.39, 0.29) is 5.75 Å². The van der Waals surface area contributed by atoms with Crippen molar-refractivity contribution in [2.45, 2.75) is 31.8 Å². The molecule has 14 nitrogen and oxygen atoms in total. The van der Waals surface area contributed by atoms with E-state index in [1.54, 1.807) is 24.3 Å². The largest absolute Gasteiger partial charge is 0.493 e. The van der Waals surface area contributed by atoms with Crippen LogP contribution in [0.15, 0.2) is 66.7 Å². The third-order valence-corrected chi connectivity index (χ3v) is 7.10. The maximum atomic E-state index is 13.2. The number of nitrogens with one attached hydrogen (secondary N) is 5. The van der Waals surface area contributed by atoms with Gasteiger partial charge in [-0.25, -0.2) is 17.9 Å². The summed E-state index contributed by atoms with van der Waals surface area (Å²) >= 11 is 0. The summed E-state index contributed by atoms with van der Waals surface area (Å²) in [6.45, 7) is 1.86. The quantitative estimate of drug-likeness (QED) is 0.153. The first kappa shape index (κ1) is 34.3. The second kappa shape index (κ2) is 15.5. The zero-order valence-corrected chi connectivity index (χ0v) is 25.9. The normalized spacial score (nSPS) is 12.3. The molecule has 2 atom stereocenters. The summed E-state index contributed by atoms with van der Waals surface area (Å²) in [5.41, 5.74) is 2.65. The Kier molecular flexibility index (Phi) is 11.9. The van der Waals surface area contributed by atoms with E-state index in [0.29, 0.717) is 28.4 Å². The van der Waals surface area contributed by atoms with Crippen molar-refractivity contribution < 1.29 is 42.2 Å². The molecule has 240 valence electrons. The SMILES string of the molecule is COc1ccc(C(CC(=O)O)NC(=O)C(CC(=O)Nc2ccc(NC(=O)Nc3ccccc3C)cc2)NS(C)(=O)=O)cc1OC. The monoisotopic (exact) mass is 641 g/mol. The van der Waals surface area contributed by atoms with Gasteiger partial charge in [-0.05, 0) is 60.5 Å². The number of hydrogen-bond donors (Lipinski definition) is 6. The van der Waals surface area contributed by atoms with Crippen LogP contribution in [0.5, 0.6) is 11.5 Å². The molecule has 3 rings (SSSR count). The van der Waals surface area contributed by atoms with Crippen LogP contribution >= 0.6 is 0 Å². The molecule has 15 heteroatoms. The first-order valence-electron chi connectivity index (χ1n) is 13.5. The maximum Gasteiger partial charge on any atom is 0.323 e. The molecule has 0 bridgehead atoms. The minimum Gasteiger partial charge on any atom is -0.493 e. The number of anilines is 3. The number of sulfonamides is 1. The van der Waals surface area contributed by atoms with Crippen LogP contribution in [0, 0.1) is 6.92 Å². The van der Waals surface area contributed by atoms with E-state index < -0.39 is 58.8 Å². The minimum atomic E-state index is -3.96. The first-order chi connectivity index (χ1) is 21.3. The smallest absolute Gasteiger partial charge is 0.323 e. The van der Waals surface area contributed by atoms with Gasteiger partial charge in [0.2, 0.25) is 21.8 Å². The summed E-state index contributed by atoms with van der Waals surface area (Å²) in [6.07, 6.45) is -0.318. The molecule has 4 amide bonds. The third kappa shape index (κ3) is 10.8. The van der Waals surface area contributed by atoms with Gasteiger partial charge in [-0.1, -0.05) is 24.3 Å². The number of carbonyl (C=O) groups is 4. The van der Waals surface area contributed by atoms with E-state index in [2.05, 4.69) is 26.0 Å². The van der Waals surface area contributed by atoms with Crippen molar-refractivity contribution in [2.24, 2.45) is 0 Å². The summed E-state index contributed by atoms with van der Waals surface area (Å²) < 4.78 is 36.7. The van der Waals surface area contributed by atoms with Crippen LogP contribution in [0.2, 0.25) is 0 Å². The standard InChI is InChI=1S/C30H35N5O9S/c1-18-7-5-6-8-22(18)34-30(40)32-21-12-10-20(11-13-21)31-27(36)16-24(35-45(4,41)42)29(39)33-23(17-28(37)38)19-9-14-25(43-2)26(15-19)44-3/h5-15,23-24,35H,16-17H2,1-4H3,(H,31,36)(H,33,39)(H,37,38)(H2,32,34,40). The summed E-state index contributed by atoms with van der Waals surface area (Å²) in [4.78, 5) is 50.0. The van der Waals surface area contributed by atoms with E-state index in [4.69, 9.17) is 9.47 Å². The molecule has 0 aliphatic heterocycles. The number of rotatable bonds is 14. The van der Waals surface area contributed by atoms with Gasteiger partial charge in [0.1, 0.15) is 6.04 Å². The predicted molar refractivity (Wildman–Crippen MR) is 168 cm³/mol. The Morgan fingerprint density at radius 3 is 2.02 bits per heavy atom. The lowest BCUT2D eigenvalue weighted by Crippen LogP contribution is -2.49. The van der Waals surface area contributed by atoms with Gasteiger partial charge in [0, 0.05) is 17.1 Å². The lowest BCUT2D eigenvalue weighted by molar-refractivity contribution is -0.138. The van der Waals surface area contributed by atoms with Crippen LogP contribution in [-0.4, -0.2) is 63.9 Å². The van der Waals surface area contributed by atoms with E-state index in [1.807, 2.05) is 19.1 Å². The van der Waals surface area contributed by atoms with E-state index in [1.165, 1.54) is 44.6 Å². The average molecular weight is 642 g/mol. The van der Waals surface area contributed by atoms with Crippen LogP contribution in [-0.2, 0) is 24.4 Å². The lowest BCUT2D eigenvalue weighted by Gasteiger charge is -2.23. The van der Waals surface area contributed by atoms with Gasteiger partial charge in [-0.3, -0.25) is 14.4 Å². The predicted octanol–water partition coefficient (Wildman–Crippen LogP) is 3.23. The van der Waals surface area contributed by atoms with Gasteiger partial charge in [0.15, 0.2) is 11.5 Å². The topological polar surface area (TPSA) is 201 Å². The molecule has 0 aromatic heterocycles. The number of aryl methyl sites for hydroxylation is 1. The molecule has 0 radical (unpaired) electrons. The second-order valence-electron chi connectivity index (χ2n) is 9.94. The Morgan fingerprint density at radius 1 is 0.822 bits per heavy atom. The molecule has 0 saturated heterocycles. The molecule has 45 heavy (non-hydrogen) atoms. The molecular formula is C30H35N5O9S. The molecule has 2 unspecified atom stereocenters. The fraction of sp³-hybridized carbons (Fsp3) is 0.267. The van der Waals surface area contributed by atoms with Crippen molar-refractivity contribution in [3.05, 3.63) is 77.9 Å². The number of carboxylic acid groups (broad SMARTS) is 1. The number of benzene rings is 3. The highest BCUT2D eigenvalue weighted by molar-refractivity contribution is 7.88. The molecule has 0 aliphatic carbocycles. The van der Waals surface area contributed by atoms with Gasteiger partial charge < -0.3 is 35.8 Å². The van der Waals surface area contributed by atoms with Crippen LogP contribution < -0.4 is 35.5 Å². The van der Waals surface area contributed by atoms with Crippen LogP contribution in [0.1, 0.15) is 30.0 Å². The Bertz CT molecular complexity index is 1650. The van der Waals surface area contributed by atoms with Crippen molar-refractivity contribution in [2.75, 3.05) is 36.4 Å². The van der Waals surface area contributed by atoms with Crippen molar-refractivity contribution >= 4 is 50.9 Å². The van der Waals surface area contributed by atoms with Gasteiger partial charge in [-0.2, -0.15) is 0 Å². The lowest BCUT2D eigenvalue weighted by atomic mass is 10.0. The van der Waals surface area contributed by atoms with E-state index >= 15 is 0 Å². The number of urea groups is 1. The third-order valence-electron chi connectivity index (χ3n) is 6.39. The second-order valence-corrected chi connectivity index (χ2v) is 11.7. The molecule has 0 aliphatic rings. The Hall–Kier alpha value is -5.15. The van der Waals surface area contributed by atoms with Crippen LogP contribution in [0.25, 0.3) is 0 Å². The highest BCUT2D eigenvalue weighted by Crippen LogP contribution is 2.31. The van der Waals surface area contributed by atoms with Crippen LogP contribution in [0.3, 0.4) is 0 Å². The summed E-state index contributed by atoms with van der Waals surface area (Å²) in [7, 11) is -1.14. The molecular weight excluding hydrogens is 606 g/mol. The Labute approximate surface area is 260 Å². The number of carbonyl (C=O) groups excluding carboxylic acids is 3. The van der Waals surface area contributed by atoms with E-state index in [0.717, 1.165) is 11.8 Å². The summed E-state index contributed by atoms with van der Waals surface area (Å²) in [6, 6.07) is 14.8. The minimum absolute atomic E-state index is 0.290. The first-order valence-corrected chi connectivity index (χ1v) is 15.4. The number of carboxylic acids is 1. The number of amides is 4. The van der Waals surface area contributed by atoms with E-state index in [9.17, 15) is 32.7 Å². The zero-order chi connectivity index (χ0) is 33.1. The molecule has 0 heterocycles. The summed E-state index contributed by atoms with van der Waals surface area (Å²) in [5.74, 6) is -2.19. The Balaban J connectivity index is 1.68. The highest BCUT2D eigenvalue weighted by atomic mass is 32.2. The highest BCUT2D eigenvalue weighted by Gasteiger charge is 2.29. The van der Waals surface area contributed by atoms with Crippen molar-refractivity contribution in [1.29, 1.82) is 0 Å². The van der Waals surface area contributed by atoms with Gasteiger partial charge in [-0.15, -0.1) is 0 Å². The van der Waals surface area contributed by atoms with Crippen molar-refractivity contribution in [3.8, 4) is 11.5 Å². The molecule has 0 saturated carbocycles. The molecule has 0 spiro atoms. The molecule has 6 N–H and O–H groups in total. The van der Waals surface area contributed by atoms with Crippen LogP contribution in [0.4, 0.5) is 21.9 Å². The molecule has 3 aromatic rings. The number of ether oxygens (including phenoxy) is 2. The number of aliphatic carboxylic acids is 1. The average Bonchev–Trinajstić information content (AvgIpc) is 2.97. The number of para-hydroxylation sites is 1. The van der Waals surface area contributed by atoms with Crippen molar-refractivity contribution in [3.63, 3.8) is 0 Å².